The summed E-state index contributed by atoms with van der Waals surface area (Å²) in [5, 5.41) is 3.26. The van der Waals surface area contributed by atoms with Crippen molar-refractivity contribution >= 4 is 45.0 Å². The van der Waals surface area contributed by atoms with Crippen LogP contribution in [0.1, 0.15) is 95.7 Å². The summed E-state index contributed by atoms with van der Waals surface area (Å²) in [6.07, 6.45) is 17.9. The fourth-order valence-corrected chi connectivity index (χ4v) is 30.7. The van der Waals surface area contributed by atoms with Crippen LogP contribution in [0.2, 0.25) is 0 Å². The van der Waals surface area contributed by atoms with Gasteiger partial charge in [-0.3, -0.25) is 0 Å². The summed E-state index contributed by atoms with van der Waals surface area (Å²) >= 11 is -3.90. The molecule has 0 N–H and O–H groups in total. The predicted octanol–water partition coefficient (Wildman–Crippen LogP) is 12.0. The van der Waals surface area contributed by atoms with E-state index in [9.17, 15) is 0 Å². The minimum absolute atomic E-state index is 0.211. The number of rotatable bonds is 14. The second-order valence-electron chi connectivity index (χ2n) is 10.6. The van der Waals surface area contributed by atoms with Gasteiger partial charge in [0.2, 0.25) is 0 Å². The minimum atomic E-state index is -3.90. The van der Waals surface area contributed by atoms with Crippen molar-refractivity contribution in [3.8, 4) is 0 Å². The van der Waals surface area contributed by atoms with E-state index < -0.39 is 17.9 Å². The monoisotopic (exact) mass is 650 g/mol. The summed E-state index contributed by atoms with van der Waals surface area (Å²) in [5.41, 5.74) is 5.61. The van der Waals surface area contributed by atoms with E-state index in [2.05, 4.69) is 88.4 Å². The molecule has 0 spiro atoms. The summed E-state index contributed by atoms with van der Waals surface area (Å²) in [6.45, 7) is 9.32. The molecule has 200 valence electrons. The first-order chi connectivity index (χ1) is 18.0. The van der Waals surface area contributed by atoms with E-state index in [4.69, 9.17) is 17.0 Å². The number of benzene rings is 2. The molecular weight excluding hydrogens is 608 g/mol. The standard InChI is InChI=1S/C17H24P.C15H20P.2ClH.Zr/c1-3-5-11-18(12-6-4-2)17-13-15-9-7-8-10-16(15)14-17;1-3-9-16(10-4-2)15-11-13-7-5-6-8-14(13)12-15;;;/h7-10,13-14H,3-6,11-12H2,1-2H3;5-8,11-12H,3-4,9-10H2,1-2H3;2*1H;/q;;;;+2/p-2. The summed E-state index contributed by atoms with van der Waals surface area (Å²) in [6, 6.07) is 18.1. The van der Waals surface area contributed by atoms with E-state index >= 15 is 0 Å². The molecule has 2 aromatic carbocycles. The van der Waals surface area contributed by atoms with E-state index in [1.807, 2.05) is 0 Å². The molecule has 0 aromatic heterocycles. The summed E-state index contributed by atoms with van der Waals surface area (Å²) < 4.78 is 0.514. The second kappa shape index (κ2) is 14.2. The van der Waals surface area contributed by atoms with Crippen LogP contribution in [0.15, 0.2) is 59.2 Å². The first kappa shape index (κ1) is 30.2. The van der Waals surface area contributed by atoms with Gasteiger partial charge in [-0.25, -0.2) is 0 Å². The van der Waals surface area contributed by atoms with Crippen LogP contribution in [0, 0.1) is 0 Å². The topological polar surface area (TPSA) is 0 Å². The van der Waals surface area contributed by atoms with E-state index in [0.717, 1.165) is 0 Å². The van der Waals surface area contributed by atoms with Gasteiger partial charge in [0, 0.05) is 0 Å². The van der Waals surface area contributed by atoms with Crippen molar-refractivity contribution in [1.29, 1.82) is 0 Å². The Morgan fingerprint density at radius 3 is 1.41 bits per heavy atom. The van der Waals surface area contributed by atoms with Gasteiger partial charge < -0.3 is 0 Å². The summed E-state index contributed by atoms with van der Waals surface area (Å²) in [4.78, 5) is 0. The van der Waals surface area contributed by atoms with Crippen LogP contribution in [-0.2, 0) is 17.9 Å². The number of allylic oxidation sites excluding steroid dienone is 2. The predicted molar refractivity (Wildman–Crippen MR) is 170 cm³/mol. The number of hydrogen-bond acceptors (Lipinski definition) is 0. The molecule has 0 bridgehead atoms. The van der Waals surface area contributed by atoms with Crippen LogP contribution in [0.25, 0.3) is 12.2 Å². The van der Waals surface area contributed by atoms with Crippen molar-refractivity contribution in [2.24, 2.45) is 0 Å². The number of unbranched alkanes of at least 4 members (excludes halogenated alkanes) is 2. The molecule has 0 saturated heterocycles. The van der Waals surface area contributed by atoms with Gasteiger partial charge in [0.05, 0.1) is 0 Å². The maximum absolute atomic E-state index is 8.06. The van der Waals surface area contributed by atoms with Crippen molar-refractivity contribution in [2.75, 3.05) is 24.6 Å². The van der Waals surface area contributed by atoms with E-state index in [0.29, 0.717) is 0 Å². The van der Waals surface area contributed by atoms with Crippen LogP contribution in [0.5, 0.6) is 0 Å². The molecule has 2 atom stereocenters. The van der Waals surface area contributed by atoms with Crippen LogP contribution < -0.4 is 0 Å². The van der Waals surface area contributed by atoms with Crippen LogP contribution >= 0.6 is 32.9 Å². The molecular formula is C32H44Cl2P2Zr. The van der Waals surface area contributed by atoms with Gasteiger partial charge >= 0.3 is 242 Å². The third-order valence-corrected chi connectivity index (χ3v) is 27.0. The second-order valence-corrected chi connectivity index (χ2v) is 30.3. The quantitative estimate of drug-likeness (QED) is 0.178. The van der Waals surface area contributed by atoms with E-state index in [-0.39, 0.29) is 23.1 Å². The zero-order valence-electron chi connectivity index (χ0n) is 23.1. The van der Waals surface area contributed by atoms with Crippen LogP contribution in [-0.4, -0.2) is 24.6 Å². The summed E-state index contributed by atoms with van der Waals surface area (Å²) in [7, 11) is 15.7. The average molecular weight is 653 g/mol. The molecule has 0 saturated carbocycles. The Bertz CT molecular complexity index is 1100. The van der Waals surface area contributed by atoms with Gasteiger partial charge in [0.15, 0.2) is 0 Å². The molecule has 2 unspecified atom stereocenters. The van der Waals surface area contributed by atoms with Crippen molar-refractivity contribution in [3.05, 3.63) is 81.4 Å². The Kier molecular flexibility index (Phi) is 11.6. The van der Waals surface area contributed by atoms with Crippen LogP contribution in [0.3, 0.4) is 0 Å². The van der Waals surface area contributed by atoms with Crippen molar-refractivity contribution in [2.45, 2.75) is 73.5 Å². The van der Waals surface area contributed by atoms with Gasteiger partial charge in [-0.1, -0.05) is 0 Å². The molecule has 0 fully saturated rings. The molecule has 0 amide bonds. The normalized spacial score (nSPS) is 18.8. The van der Waals surface area contributed by atoms with Crippen molar-refractivity contribution in [1.82, 2.24) is 0 Å². The van der Waals surface area contributed by atoms with Gasteiger partial charge in [0.1, 0.15) is 0 Å². The van der Waals surface area contributed by atoms with Gasteiger partial charge in [-0.15, -0.1) is 0 Å². The summed E-state index contributed by atoms with van der Waals surface area (Å²) in [5.74, 6) is 0. The molecule has 2 aromatic rings. The van der Waals surface area contributed by atoms with Crippen molar-refractivity contribution in [3.63, 3.8) is 0 Å². The first-order valence-corrected chi connectivity index (χ1v) is 27.1. The number of halogens is 2. The third-order valence-electron chi connectivity index (χ3n) is 7.86. The Labute approximate surface area is 240 Å². The Morgan fingerprint density at radius 2 is 1.00 bits per heavy atom. The van der Waals surface area contributed by atoms with Crippen LogP contribution in [0.4, 0.5) is 0 Å². The fraction of sp³-hybridized carbons (Fsp3) is 0.500. The molecule has 0 aliphatic heterocycles. The van der Waals surface area contributed by atoms with Gasteiger partial charge in [-0.2, -0.15) is 0 Å². The number of fused-ring (bicyclic) bond motifs is 2. The van der Waals surface area contributed by atoms with E-state index in [1.54, 1.807) is 10.6 Å². The van der Waals surface area contributed by atoms with E-state index in [1.165, 1.54) is 85.4 Å². The van der Waals surface area contributed by atoms with Gasteiger partial charge in [-0.05, 0) is 0 Å². The molecule has 37 heavy (non-hydrogen) atoms. The molecule has 5 heteroatoms. The SMILES string of the molecule is CCCCP(CCCC)C1=Cc2ccccc2[CH]1[Zr]([Cl])([Cl])[CH]1C(P(CCC)CCC)=Cc2ccccc21. The Morgan fingerprint density at radius 1 is 0.595 bits per heavy atom. The van der Waals surface area contributed by atoms with Gasteiger partial charge in [0.25, 0.3) is 0 Å². The molecule has 0 radical (unpaired) electrons. The Balaban J connectivity index is 1.82. The molecule has 2 aliphatic carbocycles. The Hall–Kier alpha value is 0.243. The zero-order chi connectivity index (χ0) is 26.4. The fourth-order valence-electron chi connectivity index (χ4n) is 6.12. The molecule has 2 aliphatic rings. The third kappa shape index (κ3) is 6.60. The first-order valence-electron chi connectivity index (χ1n) is 14.5. The zero-order valence-corrected chi connectivity index (χ0v) is 28.9. The average Bonchev–Trinajstić information content (AvgIpc) is 3.48. The molecule has 0 heterocycles. The number of hydrogen-bond donors (Lipinski definition) is 0. The molecule has 4 rings (SSSR count). The van der Waals surface area contributed by atoms with Crippen molar-refractivity contribution < 1.29 is 17.9 Å². The molecule has 0 nitrogen and oxygen atoms in total. The maximum atomic E-state index is 8.06.